The van der Waals surface area contributed by atoms with E-state index in [4.69, 9.17) is 14.5 Å². The molecule has 2 aromatic carbocycles. The molecule has 4 N–H and O–H groups in total. The average molecular weight is 936 g/mol. The lowest BCUT2D eigenvalue weighted by Crippen LogP contribution is -2.48. The Morgan fingerprint density at radius 1 is 0.897 bits per heavy atom. The number of para-hydroxylation sites is 1. The molecule has 3 aliphatic rings. The van der Waals surface area contributed by atoms with Crippen molar-refractivity contribution in [3.63, 3.8) is 0 Å². The number of fused-ring (bicyclic) bond motifs is 1. The average Bonchev–Trinajstić information content (AvgIpc) is 4.19. The number of nitrogens with zero attached hydrogens (tertiary/aromatic N) is 9. The lowest BCUT2D eigenvalue weighted by molar-refractivity contribution is -0.141. The van der Waals surface area contributed by atoms with Crippen LogP contribution in [0.5, 0.6) is 5.75 Å². The minimum absolute atomic E-state index is 0.0711. The molecule has 0 radical (unpaired) electrons. The molecule has 0 spiro atoms. The Morgan fingerprint density at radius 3 is 2.32 bits per heavy atom. The highest BCUT2D eigenvalue weighted by Gasteiger charge is 2.44. The van der Waals surface area contributed by atoms with Gasteiger partial charge in [-0.25, -0.2) is 15.0 Å². The number of aromatic hydroxyl groups is 1. The normalized spacial score (nSPS) is 19.2. The fraction of sp³-hybridized carbons (Fsp3) is 0.412. The Kier molecular flexibility index (Phi) is 12.7. The van der Waals surface area contributed by atoms with Gasteiger partial charge in [-0.2, -0.15) is 0 Å². The number of aryl methyl sites for hydroxylation is 1. The Morgan fingerprint density at radius 2 is 1.62 bits per heavy atom. The van der Waals surface area contributed by atoms with Crippen molar-refractivity contribution in [3.05, 3.63) is 113 Å². The fourth-order valence-corrected chi connectivity index (χ4v) is 11.1. The number of likely N-dealkylation sites (tertiary alicyclic amines) is 1. The second kappa shape index (κ2) is 19.1. The second-order valence-corrected chi connectivity index (χ2v) is 19.8. The van der Waals surface area contributed by atoms with Crippen molar-refractivity contribution in [2.75, 3.05) is 42.5 Å². The van der Waals surface area contributed by atoms with E-state index in [0.717, 1.165) is 96.1 Å². The summed E-state index contributed by atoms with van der Waals surface area (Å²) in [5.74, 6) is 1.33. The predicted octanol–water partition coefficient (Wildman–Crippen LogP) is 7.89. The van der Waals surface area contributed by atoms with E-state index in [2.05, 4.69) is 40.4 Å². The molecule has 8 heterocycles. The number of amides is 2. The van der Waals surface area contributed by atoms with Gasteiger partial charge in [-0.1, -0.05) is 55.4 Å². The number of anilines is 2. The monoisotopic (exact) mass is 935 g/mol. The van der Waals surface area contributed by atoms with Gasteiger partial charge in [-0.3, -0.25) is 9.59 Å². The number of benzene rings is 2. The Bertz CT molecular complexity index is 2880. The van der Waals surface area contributed by atoms with Crippen LogP contribution in [0.15, 0.2) is 89.3 Å². The van der Waals surface area contributed by atoms with Gasteiger partial charge < -0.3 is 39.7 Å². The summed E-state index contributed by atoms with van der Waals surface area (Å²) in [6, 6.07) is 18.0. The van der Waals surface area contributed by atoms with E-state index in [0.29, 0.717) is 34.7 Å². The van der Waals surface area contributed by atoms with Crippen LogP contribution in [0.25, 0.3) is 32.7 Å². The van der Waals surface area contributed by atoms with E-state index in [1.165, 1.54) is 10.5 Å². The molecule has 68 heavy (non-hydrogen) atoms. The summed E-state index contributed by atoms with van der Waals surface area (Å²) in [5.41, 5.74) is 9.23. The van der Waals surface area contributed by atoms with E-state index < -0.39 is 18.1 Å². The first-order chi connectivity index (χ1) is 33.0. The number of hydrogen-bond donors (Lipinski definition) is 4. The highest BCUT2D eigenvalue weighted by Crippen LogP contribution is 2.38. The van der Waals surface area contributed by atoms with Gasteiger partial charge in [0.25, 0.3) is 0 Å². The molecule has 0 unspecified atom stereocenters. The van der Waals surface area contributed by atoms with Gasteiger partial charge in [-0.15, -0.1) is 21.5 Å². The maximum atomic E-state index is 14.4. The molecular formula is C51H57N11O5S. The molecular weight excluding hydrogens is 879 g/mol. The number of aliphatic hydroxyl groups excluding tert-OH is 1. The van der Waals surface area contributed by atoms with Crippen molar-refractivity contribution >= 4 is 46.0 Å². The smallest absolute Gasteiger partial charge is 0.243 e. The summed E-state index contributed by atoms with van der Waals surface area (Å²) < 4.78 is 5.92. The third-order valence-electron chi connectivity index (χ3n) is 14.2. The van der Waals surface area contributed by atoms with Crippen molar-refractivity contribution in [1.29, 1.82) is 0 Å². The molecule has 0 bridgehead atoms. The predicted molar refractivity (Wildman–Crippen MR) is 260 cm³/mol. The zero-order valence-electron chi connectivity index (χ0n) is 38.7. The fourth-order valence-electron chi connectivity index (χ4n) is 10.3. The van der Waals surface area contributed by atoms with E-state index in [1.54, 1.807) is 23.5 Å². The van der Waals surface area contributed by atoms with Crippen molar-refractivity contribution in [3.8, 4) is 27.4 Å². The SMILES string of the molecule is Cc1ncsc1-c1ccc([C@H](C)NC(=O)[C@@H]2C[C@@H](O)CN2C(=O)[C@@H](c2cc(N3CCC(c4cnc(N5CCC(c6c[nH]c7nnc(-c8ccccc8O)cc67)CC5)nc4)CC3)no2)C(C)C)cc1. The second-order valence-electron chi connectivity index (χ2n) is 18.9. The van der Waals surface area contributed by atoms with Crippen molar-refractivity contribution in [2.24, 2.45) is 5.92 Å². The van der Waals surface area contributed by atoms with Crippen LogP contribution in [0.4, 0.5) is 11.8 Å². The van der Waals surface area contributed by atoms with Gasteiger partial charge in [-0.05, 0) is 97.7 Å². The summed E-state index contributed by atoms with van der Waals surface area (Å²) in [5, 5.41) is 38.5. The lowest BCUT2D eigenvalue weighted by Gasteiger charge is -2.33. The largest absolute Gasteiger partial charge is 0.507 e. The minimum Gasteiger partial charge on any atom is -0.507 e. The molecule has 3 fully saturated rings. The number of phenols is 1. The van der Waals surface area contributed by atoms with Gasteiger partial charge >= 0.3 is 0 Å². The molecule has 5 aromatic heterocycles. The van der Waals surface area contributed by atoms with Crippen molar-refractivity contribution in [2.45, 2.75) is 95.7 Å². The Hall–Kier alpha value is -6.72. The molecule has 17 heteroatoms. The molecule has 10 rings (SSSR count). The van der Waals surface area contributed by atoms with Crippen LogP contribution in [0.3, 0.4) is 0 Å². The van der Waals surface area contributed by atoms with Crippen LogP contribution < -0.4 is 15.1 Å². The number of phenolic OH excluding ortho intramolecular Hbond substituents is 1. The van der Waals surface area contributed by atoms with Crippen LogP contribution >= 0.6 is 11.3 Å². The number of β-amino-alcohol motifs (C(OH)–C–C–N with tert-alkyl or cyclic N) is 1. The molecule has 0 saturated carbocycles. The number of aromatic nitrogens is 7. The maximum absolute atomic E-state index is 14.4. The van der Waals surface area contributed by atoms with Crippen LogP contribution in [0, 0.1) is 12.8 Å². The van der Waals surface area contributed by atoms with Gasteiger partial charge in [0.1, 0.15) is 17.7 Å². The standard InChI is InChI=1S/C51H57N11O5S/c1-29(2)46(50(66)62-27-37(63)21-42(62)49(65)56-30(3)32-9-11-35(12-10-32)47-31(4)55-28-68-47)44-23-45(59-67-44)60-17-13-33(14-18-60)36-24-53-51(54-25-36)61-19-15-34(16-20-61)40-26-52-48-39(40)22-41(57-58-48)38-7-5-6-8-43(38)64/h5-12,22-26,28-30,33-34,37,42,46,63-64H,13-21,27H2,1-4H3,(H,52,58)(H,56,65)/t30-,37+,42-,46+/m0/s1. The number of hydrogen-bond acceptors (Lipinski definition) is 14. The van der Waals surface area contributed by atoms with Crippen molar-refractivity contribution < 1.29 is 24.3 Å². The molecule has 16 nitrogen and oxygen atoms in total. The topological polar surface area (TPSA) is 203 Å². The third-order valence-corrected chi connectivity index (χ3v) is 15.2. The first kappa shape index (κ1) is 45.1. The number of rotatable bonds is 12. The molecule has 0 aliphatic carbocycles. The third kappa shape index (κ3) is 9.04. The quantitative estimate of drug-likeness (QED) is 0.0922. The first-order valence-corrected chi connectivity index (χ1v) is 24.6. The van der Waals surface area contributed by atoms with Crippen LogP contribution in [0.2, 0.25) is 0 Å². The van der Waals surface area contributed by atoms with Crippen LogP contribution in [0.1, 0.15) is 105 Å². The first-order valence-electron chi connectivity index (χ1n) is 23.7. The van der Waals surface area contributed by atoms with Gasteiger partial charge in [0.15, 0.2) is 17.2 Å². The van der Waals surface area contributed by atoms with Gasteiger partial charge in [0, 0.05) is 74.8 Å². The summed E-state index contributed by atoms with van der Waals surface area (Å²) in [4.78, 5) is 52.6. The molecule has 4 atom stereocenters. The number of aliphatic hydroxyl groups is 1. The zero-order chi connectivity index (χ0) is 47.1. The van der Waals surface area contributed by atoms with Crippen LogP contribution in [-0.2, 0) is 9.59 Å². The van der Waals surface area contributed by atoms with Gasteiger partial charge in [0.05, 0.1) is 33.9 Å². The highest BCUT2D eigenvalue weighted by atomic mass is 32.1. The zero-order valence-corrected chi connectivity index (χ0v) is 39.6. The molecule has 3 saturated heterocycles. The van der Waals surface area contributed by atoms with E-state index in [-0.39, 0.29) is 42.5 Å². The number of piperidine rings is 2. The number of carbonyl (C=O) groups excluding carboxylic acids is 2. The molecule has 3 aliphatic heterocycles. The van der Waals surface area contributed by atoms with E-state index in [9.17, 15) is 19.8 Å². The van der Waals surface area contributed by atoms with E-state index >= 15 is 0 Å². The summed E-state index contributed by atoms with van der Waals surface area (Å²) >= 11 is 1.60. The number of carbonyl (C=O) groups is 2. The number of nitrogens with one attached hydrogen (secondary N) is 2. The minimum atomic E-state index is -0.813. The number of aromatic amines is 1. The highest BCUT2D eigenvalue weighted by molar-refractivity contribution is 7.13. The van der Waals surface area contributed by atoms with Gasteiger partial charge in [0.2, 0.25) is 17.8 Å². The summed E-state index contributed by atoms with van der Waals surface area (Å²) in [6.45, 7) is 11.1. The number of H-pyrrole nitrogens is 1. The molecule has 2 amide bonds. The summed E-state index contributed by atoms with van der Waals surface area (Å²) in [6.07, 6.45) is 9.03. The molecule has 7 aromatic rings. The van der Waals surface area contributed by atoms with E-state index in [1.807, 2.05) is 100 Å². The number of thiazole rings is 1. The Balaban J connectivity index is 0.726. The maximum Gasteiger partial charge on any atom is 0.243 e. The van der Waals surface area contributed by atoms with Crippen LogP contribution in [-0.4, -0.2) is 107 Å². The summed E-state index contributed by atoms with van der Waals surface area (Å²) in [7, 11) is 0. The Labute approximate surface area is 398 Å². The van der Waals surface area contributed by atoms with Crippen molar-refractivity contribution in [1.82, 2.24) is 45.5 Å². The lowest BCUT2D eigenvalue weighted by atomic mass is 9.89. The molecule has 352 valence electrons.